The minimum Gasteiger partial charge on any atom is -0.497 e. The monoisotopic (exact) mass is 328 g/mol. The largest absolute Gasteiger partial charge is 0.497 e. The van der Waals surface area contributed by atoms with Gasteiger partial charge in [-0.1, -0.05) is 25.0 Å². The molecule has 4 unspecified atom stereocenters. The first-order valence-corrected chi connectivity index (χ1v) is 9.43. The van der Waals surface area contributed by atoms with E-state index >= 15 is 0 Å². The number of methoxy groups -OCH3 is 1. The first-order chi connectivity index (χ1) is 11.7. The molecule has 4 nitrogen and oxygen atoms in total. The number of nitrogens with zero attached hydrogens (tertiary/aromatic N) is 1. The van der Waals surface area contributed by atoms with Crippen LogP contribution in [0.25, 0.3) is 0 Å². The molecule has 3 aliphatic rings. The van der Waals surface area contributed by atoms with Gasteiger partial charge >= 0.3 is 0 Å². The van der Waals surface area contributed by atoms with Crippen molar-refractivity contribution >= 4 is 5.91 Å². The summed E-state index contributed by atoms with van der Waals surface area (Å²) < 4.78 is 5.23. The summed E-state index contributed by atoms with van der Waals surface area (Å²) in [5, 5.41) is 3.63. The molecule has 2 aliphatic heterocycles. The number of hydrogen-bond acceptors (Lipinski definition) is 3. The average molecular weight is 328 g/mol. The molecule has 1 aliphatic carbocycles. The molecule has 1 amide bonds. The minimum absolute atomic E-state index is 0.0627. The Morgan fingerprint density at radius 1 is 1.17 bits per heavy atom. The van der Waals surface area contributed by atoms with Gasteiger partial charge in [0.05, 0.1) is 13.2 Å². The summed E-state index contributed by atoms with van der Waals surface area (Å²) >= 11 is 0. The van der Waals surface area contributed by atoms with Gasteiger partial charge in [0, 0.05) is 25.0 Å². The van der Waals surface area contributed by atoms with E-state index in [1.807, 2.05) is 12.1 Å². The van der Waals surface area contributed by atoms with Crippen molar-refractivity contribution in [3.63, 3.8) is 0 Å². The summed E-state index contributed by atoms with van der Waals surface area (Å²) in [6, 6.07) is 8.96. The Bertz CT molecular complexity index is 572. The van der Waals surface area contributed by atoms with Crippen LogP contribution in [0.2, 0.25) is 0 Å². The van der Waals surface area contributed by atoms with Crippen LogP contribution in [-0.2, 0) is 4.79 Å². The van der Waals surface area contributed by atoms with Crippen molar-refractivity contribution in [3.8, 4) is 5.75 Å². The summed E-state index contributed by atoms with van der Waals surface area (Å²) in [4.78, 5) is 15.0. The Labute approximate surface area is 144 Å². The predicted molar refractivity (Wildman–Crippen MR) is 94.2 cm³/mol. The van der Waals surface area contributed by atoms with E-state index in [-0.39, 0.29) is 6.04 Å². The molecule has 4 rings (SSSR count). The highest BCUT2D eigenvalue weighted by Crippen LogP contribution is 2.35. The van der Waals surface area contributed by atoms with E-state index in [9.17, 15) is 4.79 Å². The van der Waals surface area contributed by atoms with Crippen LogP contribution in [0.1, 0.15) is 50.0 Å². The summed E-state index contributed by atoms with van der Waals surface area (Å²) in [5.74, 6) is 2.42. The van der Waals surface area contributed by atoms with Gasteiger partial charge in [0.15, 0.2) is 0 Å². The number of amides is 1. The number of fused-ring (bicyclic) bond motifs is 1. The second-order valence-corrected chi connectivity index (χ2v) is 7.65. The van der Waals surface area contributed by atoms with Crippen molar-refractivity contribution in [2.75, 3.05) is 20.2 Å². The number of hydrogen-bond donors (Lipinski definition) is 1. The molecule has 1 aromatic carbocycles. The Hall–Kier alpha value is -1.55. The summed E-state index contributed by atoms with van der Waals surface area (Å²) in [6.07, 6.45) is 7.33. The zero-order valence-corrected chi connectivity index (χ0v) is 14.5. The van der Waals surface area contributed by atoms with E-state index in [2.05, 4.69) is 22.3 Å². The van der Waals surface area contributed by atoms with Gasteiger partial charge in [0.2, 0.25) is 5.91 Å². The highest BCUT2D eigenvalue weighted by atomic mass is 16.5. The molecule has 2 saturated heterocycles. The molecule has 1 saturated carbocycles. The number of nitrogens with one attached hydrogen (secondary N) is 1. The van der Waals surface area contributed by atoms with Crippen LogP contribution in [0.5, 0.6) is 5.75 Å². The first kappa shape index (κ1) is 15.9. The highest BCUT2D eigenvalue weighted by molar-refractivity contribution is 5.82. The first-order valence-electron chi connectivity index (χ1n) is 9.43. The Balaban J connectivity index is 1.36. The van der Waals surface area contributed by atoms with Crippen LogP contribution in [0.15, 0.2) is 24.3 Å². The fraction of sp³-hybridized carbons (Fsp3) is 0.650. The van der Waals surface area contributed by atoms with Gasteiger partial charge in [-0.25, -0.2) is 0 Å². The lowest BCUT2D eigenvalue weighted by Gasteiger charge is -2.24. The molecule has 0 aromatic heterocycles. The summed E-state index contributed by atoms with van der Waals surface area (Å²) in [6.45, 7) is 1.75. The smallest absolute Gasteiger partial charge is 0.239 e. The average Bonchev–Trinajstić information content (AvgIpc) is 3.28. The zero-order valence-electron chi connectivity index (χ0n) is 14.5. The topological polar surface area (TPSA) is 41.6 Å². The third-order valence-electron chi connectivity index (χ3n) is 6.25. The predicted octanol–water partition coefficient (Wildman–Crippen LogP) is 2.93. The zero-order chi connectivity index (χ0) is 16.5. The molecule has 3 fully saturated rings. The standard InChI is InChI=1S/C20H28N2O2/c1-24-17-8-6-14(7-9-17)16-10-11-22(13-16)20(23)19-12-15-4-2-3-5-18(15)21-19/h6-9,15-16,18-19,21H,2-5,10-13H2,1H3. The summed E-state index contributed by atoms with van der Waals surface area (Å²) in [7, 11) is 1.69. The molecule has 0 bridgehead atoms. The summed E-state index contributed by atoms with van der Waals surface area (Å²) in [5.41, 5.74) is 1.32. The fourth-order valence-corrected chi connectivity index (χ4v) is 4.84. The maximum Gasteiger partial charge on any atom is 0.239 e. The van der Waals surface area contributed by atoms with Gasteiger partial charge in [0.25, 0.3) is 0 Å². The number of carbonyl (C=O) groups is 1. The highest BCUT2D eigenvalue weighted by Gasteiger charge is 2.41. The van der Waals surface area contributed by atoms with Crippen LogP contribution >= 0.6 is 0 Å². The van der Waals surface area contributed by atoms with Crippen molar-refractivity contribution in [3.05, 3.63) is 29.8 Å². The van der Waals surface area contributed by atoms with E-state index < -0.39 is 0 Å². The number of ether oxygens (including phenoxy) is 1. The lowest BCUT2D eigenvalue weighted by atomic mass is 9.85. The fourth-order valence-electron chi connectivity index (χ4n) is 4.84. The van der Waals surface area contributed by atoms with Gasteiger partial charge in [0.1, 0.15) is 5.75 Å². The van der Waals surface area contributed by atoms with Crippen molar-refractivity contribution in [2.24, 2.45) is 5.92 Å². The molecular weight excluding hydrogens is 300 g/mol. The van der Waals surface area contributed by atoms with Gasteiger partial charge in [-0.3, -0.25) is 4.79 Å². The normalized spacial score (nSPS) is 32.6. The minimum atomic E-state index is 0.0627. The third-order valence-corrected chi connectivity index (χ3v) is 6.25. The van der Waals surface area contributed by atoms with Crippen LogP contribution in [-0.4, -0.2) is 43.1 Å². The van der Waals surface area contributed by atoms with Gasteiger partial charge in [-0.15, -0.1) is 0 Å². The lowest BCUT2D eigenvalue weighted by Crippen LogP contribution is -2.44. The van der Waals surface area contributed by atoms with Crippen LogP contribution in [0.3, 0.4) is 0 Å². The second kappa shape index (κ2) is 6.75. The number of rotatable bonds is 3. The number of carbonyl (C=O) groups excluding carboxylic acids is 1. The second-order valence-electron chi connectivity index (χ2n) is 7.65. The van der Waals surface area contributed by atoms with E-state index in [4.69, 9.17) is 4.74 Å². The Morgan fingerprint density at radius 2 is 1.96 bits per heavy atom. The molecule has 0 spiro atoms. The van der Waals surface area contributed by atoms with Crippen molar-refractivity contribution in [1.29, 1.82) is 0 Å². The molecule has 2 heterocycles. The van der Waals surface area contributed by atoms with Crippen LogP contribution in [0.4, 0.5) is 0 Å². The molecule has 1 aromatic rings. The molecule has 1 N–H and O–H groups in total. The van der Waals surface area contributed by atoms with E-state index in [1.165, 1.54) is 31.2 Å². The van der Waals surface area contributed by atoms with E-state index in [0.717, 1.165) is 37.6 Å². The maximum absolute atomic E-state index is 12.9. The molecule has 0 radical (unpaired) electrons. The lowest BCUT2D eigenvalue weighted by molar-refractivity contribution is -0.132. The molecular formula is C20H28N2O2. The molecule has 130 valence electrons. The van der Waals surface area contributed by atoms with Crippen molar-refractivity contribution in [1.82, 2.24) is 10.2 Å². The quantitative estimate of drug-likeness (QED) is 0.927. The molecule has 4 atom stereocenters. The Kier molecular flexibility index (Phi) is 4.49. The van der Waals surface area contributed by atoms with Crippen molar-refractivity contribution < 1.29 is 9.53 Å². The number of likely N-dealkylation sites (tertiary alicyclic amines) is 1. The third kappa shape index (κ3) is 3.04. The van der Waals surface area contributed by atoms with E-state index in [1.54, 1.807) is 7.11 Å². The maximum atomic E-state index is 12.9. The molecule has 4 heteroatoms. The van der Waals surface area contributed by atoms with Gasteiger partial charge in [-0.2, -0.15) is 0 Å². The SMILES string of the molecule is COc1ccc(C2CCN(C(=O)C3CC4CCCCC4N3)C2)cc1. The van der Waals surface area contributed by atoms with Gasteiger partial charge in [-0.05, 0) is 49.3 Å². The Morgan fingerprint density at radius 3 is 2.71 bits per heavy atom. The van der Waals surface area contributed by atoms with Crippen molar-refractivity contribution in [2.45, 2.75) is 56.5 Å². The van der Waals surface area contributed by atoms with Crippen LogP contribution < -0.4 is 10.1 Å². The van der Waals surface area contributed by atoms with Gasteiger partial charge < -0.3 is 15.0 Å². The van der Waals surface area contributed by atoms with E-state index in [0.29, 0.717) is 17.9 Å². The van der Waals surface area contributed by atoms with Crippen LogP contribution in [0, 0.1) is 5.92 Å². The number of benzene rings is 1. The molecule has 24 heavy (non-hydrogen) atoms.